The SMILES string of the molecule is c1ccc(-c2nc(-c3ccccc3)nc(-c3ccc4c(c3)oc3ccc(-n5c6ccc7ccccc7c6c6c7ccccc7ccc65)cc34)n2)cc1. The summed E-state index contributed by atoms with van der Waals surface area (Å²) in [5.41, 5.74) is 7.80. The minimum absolute atomic E-state index is 0.598. The van der Waals surface area contributed by atoms with Gasteiger partial charge in [-0.25, -0.2) is 15.0 Å². The maximum atomic E-state index is 6.53. The molecule has 3 heterocycles. The molecule has 0 atom stereocenters. The minimum Gasteiger partial charge on any atom is -0.456 e. The zero-order valence-electron chi connectivity index (χ0n) is 27.9. The van der Waals surface area contributed by atoms with Crippen molar-refractivity contribution >= 4 is 65.3 Å². The molecular formula is C47H28N4O. The predicted molar refractivity (Wildman–Crippen MR) is 213 cm³/mol. The van der Waals surface area contributed by atoms with E-state index in [1.165, 1.54) is 43.4 Å². The third kappa shape index (κ3) is 4.39. The Morgan fingerprint density at radius 3 is 1.50 bits per heavy atom. The van der Waals surface area contributed by atoms with Crippen molar-refractivity contribution in [1.29, 1.82) is 0 Å². The van der Waals surface area contributed by atoms with Gasteiger partial charge in [-0.2, -0.15) is 0 Å². The second-order valence-electron chi connectivity index (χ2n) is 13.2. The number of hydrogen-bond acceptors (Lipinski definition) is 4. The van der Waals surface area contributed by atoms with Crippen LogP contribution in [0.25, 0.3) is 105 Å². The van der Waals surface area contributed by atoms with Gasteiger partial charge >= 0.3 is 0 Å². The molecular weight excluding hydrogens is 637 g/mol. The zero-order chi connectivity index (χ0) is 34.2. The van der Waals surface area contributed by atoms with Crippen LogP contribution in [-0.4, -0.2) is 19.5 Å². The first-order valence-corrected chi connectivity index (χ1v) is 17.4. The first-order valence-electron chi connectivity index (χ1n) is 17.4. The van der Waals surface area contributed by atoms with Crippen LogP contribution in [0.1, 0.15) is 0 Å². The summed E-state index contributed by atoms with van der Waals surface area (Å²) in [5.74, 6) is 1.86. The van der Waals surface area contributed by atoms with Gasteiger partial charge in [0, 0.05) is 43.9 Å². The highest BCUT2D eigenvalue weighted by Gasteiger charge is 2.19. The number of aromatic nitrogens is 4. The van der Waals surface area contributed by atoms with Crippen LogP contribution >= 0.6 is 0 Å². The Morgan fingerprint density at radius 1 is 0.365 bits per heavy atom. The summed E-state index contributed by atoms with van der Waals surface area (Å²) < 4.78 is 8.93. The third-order valence-electron chi connectivity index (χ3n) is 10.2. The molecule has 11 aromatic rings. The van der Waals surface area contributed by atoms with E-state index in [9.17, 15) is 0 Å². The van der Waals surface area contributed by atoms with Crippen molar-refractivity contribution in [2.24, 2.45) is 0 Å². The third-order valence-corrected chi connectivity index (χ3v) is 10.2. The van der Waals surface area contributed by atoms with Gasteiger partial charge in [-0.15, -0.1) is 0 Å². The number of furan rings is 1. The van der Waals surface area contributed by atoms with Gasteiger partial charge in [-0.1, -0.05) is 127 Å². The molecule has 0 amide bonds. The number of nitrogens with zero attached hydrogens (tertiary/aromatic N) is 4. The Hall–Kier alpha value is -7.11. The van der Waals surface area contributed by atoms with Gasteiger partial charge in [0.05, 0.1) is 11.0 Å². The molecule has 242 valence electrons. The average Bonchev–Trinajstić information content (AvgIpc) is 3.76. The van der Waals surface area contributed by atoms with Gasteiger partial charge in [0.15, 0.2) is 17.5 Å². The van der Waals surface area contributed by atoms with Crippen LogP contribution in [0.5, 0.6) is 0 Å². The van der Waals surface area contributed by atoms with E-state index in [1.807, 2.05) is 66.7 Å². The maximum absolute atomic E-state index is 6.53. The van der Waals surface area contributed by atoms with Crippen molar-refractivity contribution in [2.75, 3.05) is 0 Å². The topological polar surface area (TPSA) is 56.7 Å². The van der Waals surface area contributed by atoms with Crippen LogP contribution in [-0.2, 0) is 0 Å². The van der Waals surface area contributed by atoms with Crippen LogP contribution < -0.4 is 0 Å². The van der Waals surface area contributed by atoms with Crippen LogP contribution in [0.3, 0.4) is 0 Å². The molecule has 0 aliphatic rings. The Morgan fingerprint density at radius 2 is 0.904 bits per heavy atom. The molecule has 5 nitrogen and oxygen atoms in total. The number of hydrogen-bond donors (Lipinski definition) is 0. The molecule has 0 bridgehead atoms. The van der Waals surface area contributed by atoms with Crippen molar-refractivity contribution in [3.63, 3.8) is 0 Å². The molecule has 3 aromatic heterocycles. The van der Waals surface area contributed by atoms with Crippen molar-refractivity contribution in [3.05, 3.63) is 170 Å². The lowest BCUT2D eigenvalue weighted by Gasteiger charge is -2.09. The van der Waals surface area contributed by atoms with E-state index in [0.717, 1.165) is 44.3 Å². The molecule has 0 spiro atoms. The Balaban J connectivity index is 1.10. The molecule has 0 saturated heterocycles. The highest BCUT2D eigenvalue weighted by atomic mass is 16.3. The zero-order valence-corrected chi connectivity index (χ0v) is 27.9. The second-order valence-corrected chi connectivity index (χ2v) is 13.2. The second kappa shape index (κ2) is 11.2. The van der Waals surface area contributed by atoms with Gasteiger partial charge in [0.1, 0.15) is 11.2 Å². The summed E-state index contributed by atoms with van der Waals surface area (Å²) in [7, 11) is 0. The average molecular weight is 665 g/mol. The Kier molecular flexibility index (Phi) is 6.18. The molecule has 8 aromatic carbocycles. The first kappa shape index (κ1) is 28.7. The molecule has 0 saturated carbocycles. The Labute approximate surface area is 298 Å². The number of benzene rings is 8. The molecule has 5 heteroatoms. The highest BCUT2D eigenvalue weighted by molar-refractivity contribution is 6.28. The van der Waals surface area contributed by atoms with Crippen molar-refractivity contribution in [1.82, 2.24) is 19.5 Å². The smallest absolute Gasteiger partial charge is 0.164 e. The Bertz CT molecular complexity index is 3030. The van der Waals surface area contributed by atoms with E-state index in [1.54, 1.807) is 0 Å². The van der Waals surface area contributed by atoms with E-state index in [4.69, 9.17) is 19.4 Å². The summed E-state index contributed by atoms with van der Waals surface area (Å²) in [6.07, 6.45) is 0. The van der Waals surface area contributed by atoms with Gasteiger partial charge in [-0.05, 0) is 64.0 Å². The lowest BCUT2D eigenvalue weighted by molar-refractivity contribution is 0.669. The van der Waals surface area contributed by atoms with E-state index >= 15 is 0 Å². The standard InChI is InChI=1S/C47H28N4O/c1-3-13-31(14-4-1)45-48-46(32-15-5-2-6-16-32)50-47(49-45)33-19-23-37-38-28-34(22-26-41(38)52-42(37)27-33)51-39-24-20-29-11-7-9-17-35(29)43(39)44-36-18-10-8-12-30(36)21-25-40(44)51/h1-28H. The van der Waals surface area contributed by atoms with Crippen molar-refractivity contribution < 1.29 is 4.42 Å². The summed E-state index contributed by atoms with van der Waals surface area (Å²) in [5, 5.41) is 9.62. The molecule has 0 N–H and O–H groups in total. The highest BCUT2D eigenvalue weighted by Crippen LogP contribution is 2.41. The van der Waals surface area contributed by atoms with E-state index in [0.29, 0.717) is 17.5 Å². The number of rotatable bonds is 4. The molecule has 0 aliphatic carbocycles. The van der Waals surface area contributed by atoms with Crippen LogP contribution in [0.2, 0.25) is 0 Å². The molecule has 0 unspecified atom stereocenters. The summed E-state index contributed by atoms with van der Waals surface area (Å²) in [4.78, 5) is 14.7. The number of fused-ring (bicyclic) bond motifs is 10. The normalized spacial score (nSPS) is 11.8. The van der Waals surface area contributed by atoms with Gasteiger partial charge in [-0.3, -0.25) is 0 Å². The predicted octanol–water partition coefficient (Wildman–Crippen LogP) is 12.2. The largest absolute Gasteiger partial charge is 0.456 e. The minimum atomic E-state index is 0.598. The van der Waals surface area contributed by atoms with Crippen molar-refractivity contribution in [3.8, 4) is 39.9 Å². The van der Waals surface area contributed by atoms with Crippen molar-refractivity contribution in [2.45, 2.75) is 0 Å². The lowest BCUT2D eigenvalue weighted by atomic mass is 10.00. The van der Waals surface area contributed by atoms with E-state index in [2.05, 4.69) is 108 Å². The fraction of sp³-hybridized carbons (Fsp3) is 0. The first-order chi connectivity index (χ1) is 25.8. The maximum Gasteiger partial charge on any atom is 0.164 e. The van der Waals surface area contributed by atoms with E-state index < -0.39 is 0 Å². The molecule has 0 fully saturated rings. The van der Waals surface area contributed by atoms with Crippen LogP contribution in [0.4, 0.5) is 0 Å². The van der Waals surface area contributed by atoms with Crippen LogP contribution in [0, 0.1) is 0 Å². The molecule has 0 radical (unpaired) electrons. The van der Waals surface area contributed by atoms with Gasteiger partial charge in [0.2, 0.25) is 0 Å². The fourth-order valence-corrected chi connectivity index (χ4v) is 7.81. The monoisotopic (exact) mass is 664 g/mol. The van der Waals surface area contributed by atoms with Crippen LogP contribution in [0.15, 0.2) is 174 Å². The molecule has 52 heavy (non-hydrogen) atoms. The van der Waals surface area contributed by atoms with Gasteiger partial charge < -0.3 is 8.98 Å². The van der Waals surface area contributed by atoms with Gasteiger partial charge in [0.25, 0.3) is 0 Å². The lowest BCUT2D eigenvalue weighted by Crippen LogP contribution is -2.00. The van der Waals surface area contributed by atoms with E-state index in [-0.39, 0.29) is 0 Å². The molecule has 11 rings (SSSR count). The summed E-state index contributed by atoms with van der Waals surface area (Å²) in [6.45, 7) is 0. The fourth-order valence-electron chi connectivity index (χ4n) is 7.81. The quantitative estimate of drug-likeness (QED) is 0.188. The summed E-state index contributed by atoms with van der Waals surface area (Å²) in [6, 6.07) is 59.2. The summed E-state index contributed by atoms with van der Waals surface area (Å²) >= 11 is 0. The molecule has 0 aliphatic heterocycles.